The highest BCUT2D eigenvalue weighted by Crippen LogP contribution is 2.35. The van der Waals surface area contributed by atoms with E-state index < -0.39 is 34.7 Å². The topological polar surface area (TPSA) is 91.4 Å². The molecule has 1 aliphatic heterocycles. The normalized spacial score (nSPS) is 18.0. The standard InChI is InChI=1S/C19H21F3N4O3S/c20-19(21,22)15-4-2-10-26(13-15)30(28,29)17-7-5-16(6-8-17)25-18(27)24-12-14-3-1-9-23-11-14/h1,3,5-9,11,15H,2,4,10,12-13H2,(H2,24,25,27). The van der Waals surface area contributed by atoms with Crippen molar-refractivity contribution in [3.05, 3.63) is 54.4 Å². The fraction of sp³-hybridized carbons (Fsp3) is 0.368. The molecule has 1 saturated heterocycles. The largest absolute Gasteiger partial charge is 0.393 e. The molecule has 1 unspecified atom stereocenters. The summed E-state index contributed by atoms with van der Waals surface area (Å²) in [5.74, 6) is -1.66. The van der Waals surface area contributed by atoms with Gasteiger partial charge in [-0.15, -0.1) is 0 Å². The number of urea groups is 1. The Balaban J connectivity index is 1.61. The van der Waals surface area contributed by atoms with Crippen LogP contribution >= 0.6 is 0 Å². The number of alkyl halides is 3. The fourth-order valence-corrected chi connectivity index (χ4v) is 4.67. The summed E-state index contributed by atoms with van der Waals surface area (Å²) in [5, 5.41) is 5.21. The molecule has 2 amide bonds. The highest BCUT2D eigenvalue weighted by Gasteiger charge is 2.44. The number of pyridine rings is 1. The Kier molecular flexibility index (Phi) is 6.61. The summed E-state index contributed by atoms with van der Waals surface area (Å²) >= 11 is 0. The van der Waals surface area contributed by atoms with Gasteiger partial charge in [0.05, 0.1) is 10.8 Å². The Bertz CT molecular complexity index is 967. The van der Waals surface area contributed by atoms with Crippen molar-refractivity contribution in [2.24, 2.45) is 5.92 Å². The van der Waals surface area contributed by atoms with E-state index in [1.165, 1.54) is 24.3 Å². The van der Waals surface area contributed by atoms with Crippen molar-refractivity contribution in [2.75, 3.05) is 18.4 Å². The predicted octanol–water partition coefficient (Wildman–Crippen LogP) is 3.37. The van der Waals surface area contributed by atoms with Crippen LogP contribution in [-0.2, 0) is 16.6 Å². The minimum Gasteiger partial charge on any atom is -0.334 e. The Morgan fingerprint density at radius 2 is 1.93 bits per heavy atom. The van der Waals surface area contributed by atoms with E-state index >= 15 is 0 Å². The van der Waals surface area contributed by atoms with Gasteiger partial charge in [-0.3, -0.25) is 4.98 Å². The quantitative estimate of drug-likeness (QED) is 0.743. The molecule has 2 aromatic rings. The van der Waals surface area contributed by atoms with Crippen LogP contribution in [0.4, 0.5) is 23.7 Å². The van der Waals surface area contributed by atoms with Gasteiger partial charge < -0.3 is 10.6 Å². The number of hydrogen-bond donors (Lipinski definition) is 2. The van der Waals surface area contributed by atoms with Crippen LogP contribution in [0.3, 0.4) is 0 Å². The second kappa shape index (κ2) is 9.00. The molecule has 2 N–H and O–H groups in total. The van der Waals surface area contributed by atoms with Gasteiger partial charge >= 0.3 is 12.2 Å². The number of nitrogens with one attached hydrogen (secondary N) is 2. The van der Waals surface area contributed by atoms with E-state index in [2.05, 4.69) is 15.6 Å². The Hall–Kier alpha value is -2.66. The van der Waals surface area contributed by atoms with Gasteiger partial charge in [0.1, 0.15) is 0 Å². The SMILES string of the molecule is O=C(NCc1cccnc1)Nc1ccc(S(=O)(=O)N2CCCC(C(F)(F)F)C2)cc1. The lowest BCUT2D eigenvalue weighted by Crippen LogP contribution is -2.44. The molecule has 0 aliphatic carbocycles. The van der Waals surface area contributed by atoms with E-state index in [-0.39, 0.29) is 30.8 Å². The van der Waals surface area contributed by atoms with Crippen molar-refractivity contribution < 1.29 is 26.4 Å². The van der Waals surface area contributed by atoms with Crippen molar-refractivity contribution >= 4 is 21.7 Å². The number of piperidine rings is 1. The van der Waals surface area contributed by atoms with Crippen LogP contribution in [0.5, 0.6) is 0 Å². The molecule has 1 atom stereocenters. The molecule has 1 aromatic carbocycles. The van der Waals surface area contributed by atoms with Gasteiger partial charge in [-0.1, -0.05) is 6.07 Å². The maximum atomic E-state index is 13.0. The first-order valence-corrected chi connectivity index (χ1v) is 10.7. The van der Waals surface area contributed by atoms with Gasteiger partial charge in [0.25, 0.3) is 0 Å². The molecule has 0 spiro atoms. The average Bonchev–Trinajstić information content (AvgIpc) is 2.73. The molecule has 3 rings (SSSR count). The van der Waals surface area contributed by atoms with E-state index in [0.717, 1.165) is 9.87 Å². The number of sulfonamides is 1. The second-order valence-electron chi connectivity index (χ2n) is 6.94. The summed E-state index contributed by atoms with van der Waals surface area (Å²) in [6, 6.07) is 8.37. The van der Waals surface area contributed by atoms with Gasteiger partial charge in [-0.25, -0.2) is 13.2 Å². The van der Waals surface area contributed by atoms with Gasteiger partial charge in [0.15, 0.2) is 0 Å². The minimum absolute atomic E-state index is 0.0473. The molecule has 0 bridgehead atoms. The summed E-state index contributed by atoms with van der Waals surface area (Å²) in [7, 11) is -4.05. The van der Waals surface area contributed by atoms with Gasteiger partial charge in [0.2, 0.25) is 10.0 Å². The van der Waals surface area contributed by atoms with Crippen molar-refractivity contribution in [1.29, 1.82) is 0 Å². The zero-order chi connectivity index (χ0) is 21.8. The Labute approximate surface area is 172 Å². The number of nitrogens with zero attached hydrogens (tertiary/aromatic N) is 2. The highest BCUT2D eigenvalue weighted by molar-refractivity contribution is 7.89. The maximum absolute atomic E-state index is 13.0. The molecule has 11 heteroatoms. The summed E-state index contributed by atoms with van der Waals surface area (Å²) in [4.78, 5) is 15.8. The number of rotatable bonds is 5. The number of carbonyl (C=O) groups is 1. The molecule has 0 saturated carbocycles. The third-order valence-electron chi connectivity index (χ3n) is 4.77. The molecular weight excluding hydrogens is 421 g/mol. The van der Waals surface area contributed by atoms with Gasteiger partial charge in [-0.2, -0.15) is 17.5 Å². The first-order valence-electron chi connectivity index (χ1n) is 9.27. The lowest BCUT2D eigenvalue weighted by molar-refractivity contribution is -0.182. The lowest BCUT2D eigenvalue weighted by atomic mass is 9.99. The van der Waals surface area contributed by atoms with Crippen molar-refractivity contribution in [3.63, 3.8) is 0 Å². The van der Waals surface area contributed by atoms with Gasteiger partial charge in [0, 0.05) is 37.7 Å². The van der Waals surface area contributed by atoms with E-state index in [9.17, 15) is 26.4 Å². The molecule has 30 heavy (non-hydrogen) atoms. The number of benzene rings is 1. The molecule has 0 radical (unpaired) electrons. The van der Waals surface area contributed by atoms with E-state index in [1.54, 1.807) is 24.5 Å². The third-order valence-corrected chi connectivity index (χ3v) is 6.65. The zero-order valence-electron chi connectivity index (χ0n) is 15.9. The van der Waals surface area contributed by atoms with Crippen molar-refractivity contribution in [2.45, 2.75) is 30.5 Å². The molecule has 2 heterocycles. The fourth-order valence-electron chi connectivity index (χ4n) is 3.15. The number of carbonyl (C=O) groups excluding carboxylic acids is 1. The van der Waals surface area contributed by atoms with Gasteiger partial charge in [-0.05, 0) is 48.7 Å². The number of halogens is 3. The van der Waals surface area contributed by atoms with Crippen LogP contribution in [0.15, 0.2) is 53.7 Å². The van der Waals surface area contributed by atoms with Crippen LogP contribution in [0.1, 0.15) is 18.4 Å². The Morgan fingerprint density at radius 3 is 2.57 bits per heavy atom. The van der Waals surface area contributed by atoms with E-state index in [0.29, 0.717) is 5.69 Å². The van der Waals surface area contributed by atoms with Crippen LogP contribution in [0.25, 0.3) is 0 Å². The number of amides is 2. The Morgan fingerprint density at radius 1 is 1.20 bits per heavy atom. The molecule has 1 fully saturated rings. The van der Waals surface area contributed by atoms with E-state index in [1.807, 2.05) is 0 Å². The predicted molar refractivity (Wildman–Crippen MR) is 104 cm³/mol. The van der Waals surface area contributed by atoms with Crippen LogP contribution < -0.4 is 10.6 Å². The van der Waals surface area contributed by atoms with Crippen LogP contribution in [-0.4, -0.2) is 43.0 Å². The monoisotopic (exact) mass is 442 g/mol. The summed E-state index contributed by atoms with van der Waals surface area (Å²) < 4.78 is 65.2. The van der Waals surface area contributed by atoms with Crippen LogP contribution in [0, 0.1) is 5.92 Å². The first kappa shape index (κ1) is 22.0. The summed E-state index contributed by atoms with van der Waals surface area (Å²) in [5.41, 5.74) is 1.16. The molecule has 7 nitrogen and oxygen atoms in total. The minimum atomic E-state index is -4.43. The highest BCUT2D eigenvalue weighted by atomic mass is 32.2. The molecule has 1 aromatic heterocycles. The molecular formula is C19H21F3N4O3S. The van der Waals surface area contributed by atoms with Crippen LogP contribution in [0.2, 0.25) is 0 Å². The summed E-state index contributed by atoms with van der Waals surface area (Å²) in [6.45, 7) is -0.268. The number of anilines is 1. The maximum Gasteiger partial charge on any atom is 0.393 e. The first-order chi connectivity index (χ1) is 14.2. The molecule has 162 valence electrons. The number of aromatic nitrogens is 1. The zero-order valence-corrected chi connectivity index (χ0v) is 16.7. The average molecular weight is 442 g/mol. The van der Waals surface area contributed by atoms with Crippen molar-refractivity contribution in [3.8, 4) is 0 Å². The molecule has 1 aliphatic rings. The van der Waals surface area contributed by atoms with E-state index in [4.69, 9.17) is 0 Å². The summed E-state index contributed by atoms with van der Waals surface area (Å²) in [6.07, 6.45) is -1.12. The van der Waals surface area contributed by atoms with Crippen molar-refractivity contribution in [1.82, 2.24) is 14.6 Å². The smallest absolute Gasteiger partial charge is 0.334 e. The second-order valence-corrected chi connectivity index (χ2v) is 8.88. The number of hydrogen-bond acceptors (Lipinski definition) is 4. The lowest BCUT2D eigenvalue weighted by Gasteiger charge is -2.32. The third kappa shape index (κ3) is 5.48.